The summed E-state index contributed by atoms with van der Waals surface area (Å²) in [6.07, 6.45) is 1.26. The third-order valence-electron chi connectivity index (χ3n) is 5.45. The van der Waals surface area contributed by atoms with E-state index >= 15 is 0 Å². The van der Waals surface area contributed by atoms with Crippen molar-refractivity contribution in [3.8, 4) is 5.75 Å². The molecule has 188 valence electrons. The van der Waals surface area contributed by atoms with Gasteiger partial charge in [0.15, 0.2) is 6.61 Å². The molecule has 1 heterocycles. The van der Waals surface area contributed by atoms with E-state index in [2.05, 4.69) is 10.6 Å². The smallest absolute Gasteiger partial charge is 0.335 e. The molecular formula is C27H21Cl2N3O5. The Morgan fingerprint density at radius 1 is 1.03 bits per heavy atom. The van der Waals surface area contributed by atoms with E-state index < -0.39 is 23.8 Å². The van der Waals surface area contributed by atoms with Crippen LogP contribution in [0.1, 0.15) is 16.7 Å². The Balaban J connectivity index is 1.59. The van der Waals surface area contributed by atoms with Gasteiger partial charge in [0.05, 0.1) is 5.69 Å². The van der Waals surface area contributed by atoms with E-state index in [1.807, 2.05) is 25.1 Å². The van der Waals surface area contributed by atoms with Crippen molar-refractivity contribution in [3.05, 3.63) is 93.0 Å². The Hall–Kier alpha value is -4.14. The number of carbonyl (C=O) groups is 4. The summed E-state index contributed by atoms with van der Waals surface area (Å²) in [7, 11) is 0. The summed E-state index contributed by atoms with van der Waals surface area (Å²) in [5.41, 5.74) is 2.51. The number of ether oxygens (including phenoxy) is 1. The number of barbiturate groups is 1. The Bertz CT molecular complexity index is 1470. The number of anilines is 2. The number of benzene rings is 3. The quantitative estimate of drug-likeness (QED) is 0.328. The molecule has 1 saturated heterocycles. The van der Waals surface area contributed by atoms with Gasteiger partial charge in [-0.15, -0.1) is 0 Å². The molecule has 3 aromatic carbocycles. The van der Waals surface area contributed by atoms with Crippen LogP contribution in [0, 0.1) is 13.8 Å². The van der Waals surface area contributed by atoms with Crippen LogP contribution in [0.15, 0.2) is 66.2 Å². The van der Waals surface area contributed by atoms with Crippen molar-refractivity contribution >= 4 is 64.4 Å². The lowest BCUT2D eigenvalue weighted by Crippen LogP contribution is -2.54. The molecule has 0 aliphatic carbocycles. The van der Waals surface area contributed by atoms with Crippen molar-refractivity contribution in [2.45, 2.75) is 13.8 Å². The van der Waals surface area contributed by atoms with Gasteiger partial charge < -0.3 is 10.1 Å². The van der Waals surface area contributed by atoms with Gasteiger partial charge >= 0.3 is 6.03 Å². The van der Waals surface area contributed by atoms with Crippen molar-refractivity contribution < 1.29 is 23.9 Å². The van der Waals surface area contributed by atoms with Crippen molar-refractivity contribution in [2.75, 3.05) is 16.8 Å². The van der Waals surface area contributed by atoms with Crippen LogP contribution in [0.4, 0.5) is 16.2 Å². The highest BCUT2D eigenvalue weighted by Crippen LogP contribution is 2.29. The van der Waals surface area contributed by atoms with Gasteiger partial charge in [0.1, 0.15) is 11.3 Å². The van der Waals surface area contributed by atoms with E-state index in [4.69, 9.17) is 27.9 Å². The van der Waals surface area contributed by atoms with Crippen LogP contribution in [-0.2, 0) is 14.4 Å². The van der Waals surface area contributed by atoms with Gasteiger partial charge in [-0.2, -0.15) is 0 Å². The number of imide groups is 2. The molecule has 3 aromatic rings. The molecule has 1 fully saturated rings. The van der Waals surface area contributed by atoms with Crippen LogP contribution in [-0.4, -0.2) is 30.4 Å². The van der Waals surface area contributed by atoms with Crippen LogP contribution in [0.3, 0.4) is 0 Å². The standard InChI is InChI=1S/C27H21Cl2N3O5/c1-15-4-3-5-19(10-15)30-24(33)14-37-23-9-7-18(28)11-17(23)12-21-25(34)31-27(36)32(26(21)35)20-8-6-16(2)22(29)13-20/h3-13H,14H2,1-2H3,(H,30,33)(H,31,34,36)/b21-12+. The minimum Gasteiger partial charge on any atom is -0.483 e. The molecule has 5 amide bonds. The molecule has 10 heteroatoms. The SMILES string of the molecule is Cc1cccc(NC(=O)COc2ccc(Cl)cc2/C=C2\C(=O)NC(=O)N(c3ccc(C)c(Cl)c3)C2=O)c1. The van der Waals surface area contributed by atoms with Crippen LogP contribution < -0.4 is 20.3 Å². The first-order valence-electron chi connectivity index (χ1n) is 11.1. The molecule has 0 radical (unpaired) electrons. The number of nitrogens with zero attached hydrogens (tertiary/aromatic N) is 1. The van der Waals surface area contributed by atoms with Crippen LogP contribution in [0.25, 0.3) is 6.08 Å². The van der Waals surface area contributed by atoms with Crippen molar-refractivity contribution in [1.29, 1.82) is 0 Å². The van der Waals surface area contributed by atoms with Gasteiger partial charge in [0.2, 0.25) is 0 Å². The average Bonchev–Trinajstić information content (AvgIpc) is 2.83. The largest absolute Gasteiger partial charge is 0.483 e. The number of halogens is 2. The van der Waals surface area contributed by atoms with E-state index in [0.717, 1.165) is 16.0 Å². The molecule has 4 rings (SSSR count). The fourth-order valence-corrected chi connectivity index (χ4v) is 3.95. The number of hydrogen-bond acceptors (Lipinski definition) is 5. The first-order valence-corrected chi connectivity index (χ1v) is 11.8. The third kappa shape index (κ3) is 5.99. The second-order valence-electron chi connectivity index (χ2n) is 8.28. The molecule has 0 spiro atoms. The lowest BCUT2D eigenvalue weighted by atomic mass is 10.1. The predicted octanol–water partition coefficient (Wildman–Crippen LogP) is 5.29. The zero-order valence-electron chi connectivity index (χ0n) is 19.8. The van der Waals surface area contributed by atoms with Crippen molar-refractivity contribution in [1.82, 2.24) is 5.32 Å². The van der Waals surface area contributed by atoms with E-state index in [9.17, 15) is 19.2 Å². The number of hydrogen-bond donors (Lipinski definition) is 2. The molecular weight excluding hydrogens is 517 g/mol. The van der Waals surface area contributed by atoms with Crippen molar-refractivity contribution in [2.24, 2.45) is 0 Å². The molecule has 2 N–H and O–H groups in total. The summed E-state index contributed by atoms with van der Waals surface area (Å²) in [6, 6.07) is 15.6. The minimum absolute atomic E-state index is 0.201. The highest BCUT2D eigenvalue weighted by molar-refractivity contribution is 6.39. The monoisotopic (exact) mass is 537 g/mol. The van der Waals surface area contributed by atoms with E-state index in [1.54, 1.807) is 31.2 Å². The highest BCUT2D eigenvalue weighted by atomic mass is 35.5. The molecule has 1 aliphatic heterocycles. The maximum Gasteiger partial charge on any atom is 0.335 e. The lowest BCUT2D eigenvalue weighted by Gasteiger charge is -2.26. The third-order valence-corrected chi connectivity index (χ3v) is 6.09. The molecule has 0 aromatic heterocycles. The number of urea groups is 1. The Kier molecular flexibility index (Phi) is 7.61. The second-order valence-corrected chi connectivity index (χ2v) is 9.12. The summed E-state index contributed by atoms with van der Waals surface area (Å²) >= 11 is 12.3. The number of carbonyl (C=O) groups excluding carboxylic acids is 4. The first-order chi connectivity index (χ1) is 17.6. The number of amides is 5. The summed E-state index contributed by atoms with van der Waals surface area (Å²) in [5, 5.41) is 5.56. The highest BCUT2D eigenvalue weighted by Gasteiger charge is 2.37. The number of nitrogens with one attached hydrogen (secondary N) is 2. The Morgan fingerprint density at radius 3 is 2.54 bits per heavy atom. The number of aryl methyl sites for hydroxylation is 2. The zero-order valence-corrected chi connectivity index (χ0v) is 21.3. The maximum atomic E-state index is 13.2. The fourth-order valence-electron chi connectivity index (χ4n) is 3.60. The molecule has 8 nitrogen and oxygen atoms in total. The number of rotatable bonds is 6. The van der Waals surface area contributed by atoms with E-state index in [-0.39, 0.29) is 29.2 Å². The van der Waals surface area contributed by atoms with Crippen molar-refractivity contribution in [3.63, 3.8) is 0 Å². The van der Waals surface area contributed by atoms with Gasteiger partial charge in [-0.3, -0.25) is 19.7 Å². The fraction of sp³-hybridized carbons (Fsp3) is 0.111. The van der Waals surface area contributed by atoms with Crippen LogP contribution >= 0.6 is 23.2 Å². The average molecular weight is 538 g/mol. The summed E-state index contributed by atoms with van der Waals surface area (Å²) in [5.74, 6) is -1.93. The first kappa shape index (κ1) is 25.9. The minimum atomic E-state index is -0.901. The van der Waals surface area contributed by atoms with E-state index in [1.165, 1.54) is 24.3 Å². The summed E-state index contributed by atoms with van der Waals surface area (Å²) in [6.45, 7) is 3.35. The Labute approximate surface area is 222 Å². The van der Waals surface area contributed by atoms with E-state index in [0.29, 0.717) is 15.7 Å². The van der Waals surface area contributed by atoms with Crippen LogP contribution in [0.5, 0.6) is 5.75 Å². The molecule has 0 unspecified atom stereocenters. The molecule has 0 atom stereocenters. The molecule has 0 bridgehead atoms. The van der Waals surface area contributed by atoms with Gasteiger partial charge in [-0.05, 0) is 73.5 Å². The molecule has 1 aliphatic rings. The predicted molar refractivity (Wildman–Crippen MR) is 142 cm³/mol. The van der Waals surface area contributed by atoms with Gasteiger partial charge in [0.25, 0.3) is 17.7 Å². The van der Waals surface area contributed by atoms with Gasteiger partial charge in [-0.25, -0.2) is 9.69 Å². The zero-order chi connectivity index (χ0) is 26.7. The Morgan fingerprint density at radius 2 is 1.81 bits per heavy atom. The summed E-state index contributed by atoms with van der Waals surface area (Å²) < 4.78 is 5.67. The lowest BCUT2D eigenvalue weighted by molar-refractivity contribution is -0.122. The molecule has 37 heavy (non-hydrogen) atoms. The summed E-state index contributed by atoms with van der Waals surface area (Å²) in [4.78, 5) is 51.6. The van der Waals surface area contributed by atoms with Crippen LogP contribution in [0.2, 0.25) is 10.0 Å². The topological polar surface area (TPSA) is 105 Å². The normalized spacial score (nSPS) is 14.5. The molecule has 0 saturated carbocycles. The second kappa shape index (κ2) is 10.9. The maximum absolute atomic E-state index is 13.2. The van der Waals surface area contributed by atoms with Gasteiger partial charge in [0, 0.05) is 21.3 Å². The van der Waals surface area contributed by atoms with Gasteiger partial charge in [-0.1, -0.05) is 41.4 Å².